The molecule has 0 amide bonds. The summed E-state index contributed by atoms with van der Waals surface area (Å²) in [6.45, 7) is 5.37. The Kier molecular flexibility index (Phi) is 7.76. The molecule has 0 atom stereocenters. The topological polar surface area (TPSA) is 133 Å². The molecule has 10 heteroatoms. The molecule has 10 nitrogen and oxygen atoms in total. The van der Waals surface area contributed by atoms with Crippen LogP contribution in [0.2, 0.25) is 0 Å². The summed E-state index contributed by atoms with van der Waals surface area (Å²) in [6.07, 6.45) is 2.85. The first kappa shape index (κ1) is 28.7. The maximum Gasteiger partial charge on any atom is 0.419 e. The van der Waals surface area contributed by atoms with Gasteiger partial charge in [-0.2, -0.15) is 0 Å². The second-order valence-electron chi connectivity index (χ2n) is 10.8. The number of H-pyrrole nitrogens is 1. The predicted molar refractivity (Wildman–Crippen MR) is 166 cm³/mol. The van der Waals surface area contributed by atoms with Crippen molar-refractivity contribution < 1.29 is 19.4 Å². The Balaban J connectivity index is 0.000000180. The molecular weight excluding hydrogens is 548 g/mol. The molecule has 0 bridgehead atoms. The normalized spacial score (nSPS) is 11.1. The summed E-state index contributed by atoms with van der Waals surface area (Å²) in [5.41, 5.74) is 4.19. The molecule has 0 saturated carbocycles. The molecule has 4 aromatic carbocycles. The van der Waals surface area contributed by atoms with Gasteiger partial charge in [-0.25, -0.2) is 4.79 Å². The van der Waals surface area contributed by atoms with E-state index in [0.29, 0.717) is 16.5 Å². The van der Waals surface area contributed by atoms with Crippen molar-refractivity contribution in [2.24, 2.45) is 0 Å². The van der Waals surface area contributed by atoms with Crippen molar-refractivity contribution >= 4 is 39.3 Å². The van der Waals surface area contributed by atoms with Crippen molar-refractivity contribution in [1.29, 1.82) is 0 Å². The number of nitro benzene ring substituents is 2. The van der Waals surface area contributed by atoms with Gasteiger partial charge in [0.05, 0.1) is 20.9 Å². The van der Waals surface area contributed by atoms with Gasteiger partial charge in [-0.05, 0) is 44.0 Å². The number of nitrogens with zero attached hydrogens (tertiary/aromatic N) is 3. The van der Waals surface area contributed by atoms with E-state index in [-0.39, 0.29) is 16.3 Å². The third kappa shape index (κ3) is 6.28. The molecule has 0 fully saturated rings. The predicted octanol–water partition coefficient (Wildman–Crippen LogP) is 8.74. The van der Waals surface area contributed by atoms with Crippen LogP contribution in [0.3, 0.4) is 0 Å². The monoisotopic (exact) mass is 576 g/mol. The number of aromatic amines is 1. The largest absolute Gasteiger partial charge is 0.443 e. The highest BCUT2D eigenvalue weighted by Crippen LogP contribution is 2.34. The van der Waals surface area contributed by atoms with E-state index in [0.717, 1.165) is 27.6 Å². The van der Waals surface area contributed by atoms with E-state index < -0.39 is 16.6 Å². The summed E-state index contributed by atoms with van der Waals surface area (Å²) in [4.78, 5) is 37.1. The van der Waals surface area contributed by atoms with Gasteiger partial charge in [-0.15, -0.1) is 0 Å². The second kappa shape index (κ2) is 11.6. The van der Waals surface area contributed by atoms with Crippen LogP contribution in [0.15, 0.2) is 109 Å². The van der Waals surface area contributed by atoms with Crippen molar-refractivity contribution in [1.82, 2.24) is 9.55 Å². The van der Waals surface area contributed by atoms with Gasteiger partial charge in [-0.1, -0.05) is 60.7 Å². The first-order chi connectivity index (χ1) is 20.5. The minimum absolute atomic E-state index is 0.0201. The van der Waals surface area contributed by atoms with Gasteiger partial charge in [0.2, 0.25) is 0 Å². The fraction of sp³-hybridized carbons (Fsp3) is 0.121. The van der Waals surface area contributed by atoms with E-state index in [9.17, 15) is 25.0 Å². The summed E-state index contributed by atoms with van der Waals surface area (Å²) < 4.78 is 6.84. The number of hydrogen-bond donors (Lipinski definition) is 1. The molecule has 0 unspecified atom stereocenters. The van der Waals surface area contributed by atoms with Crippen molar-refractivity contribution in [3.05, 3.63) is 130 Å². The molecule has 2 aromatic heterocycles. The smallest absolute Gasteiger partial charge is 0.419 e. The van der Waals surface area contributed by atoms with Crippen LogP contribution in [-0.4, -0.2) is 31.1 Å². The van der Waals surface area contributed by atoms with Crippen molar-refractivity contribution in [2.75, 3.05) is 0 Å². The van der Waals surface area contributed by atoms with Crippen molar-refractivity contribution in [2.45, 2.75) is 26.4 Å². The molecule has 2 heterocycles. The summed E-state index contributed by atoms with van der Waals surface area (Å²) in [5.74, 6) is 0. The summed E-state index contributed by atoms with van der Waals surface area (Å²) >= 11 is 0. The maximum absolute atomic E-state index is 12.5. The Hall–Kier alpha value is -5.77. The number of ether oxygens (including phenoxy) is 1. The minimum atomic E-state index is -0.638. The second-order valence-corrected chi connectivity index (χ2v) is 10.8. The highest BCUT2D eigenvalue weighted by Gasteiger charge is 2.22. The summed E-state index contributed by atoms with van der Waals surface area (Å²) in [7, 11) is 0. The van der Waals surface area contributed by atoms with Crippen LogP contribution >= 0.6 is 0 Å². The molecule has 0 radical (unpaired) electrons. The molecule has 1 N–H and O–H groups in total. The molecule has 0 aliphatic heterocycles. The van der Waals surface area contributed by atoms with Crippen LogP contribution in [0.25, 0.3) is 44.1 Å². The van der Waals surface area contributed by atoms with Crippen LogP contribution in [0.4, 0.5) is 16.2 Å². The number of non-ortho nitro benzene ring substituents is 2. The van der Waals surface area contributed by atoms with Gasteiger partial charge in [0.1, 0.15) is 5.60 Å². The van der Waals surface area contributed by atoms with Gasteiger partial charge in [0.25, 0.3) is 11.4 Å². The van der Waals surface area contributed by atoms with Gasteiger partial charge >= 0.3 is 6.09 Å². The van der Waals surface area contributed by atoms with Crippen molar-refractivity contribution in [3.8, 4) is 22.3 Å². The van der Waals surface area contributed by atoms with E-state index in [2.05, 4.69) is 4.98 Å². The Morgan fingerprint density at radius 2 is 1.28 bits per heavy atom. The van der Waals surface area contributed by atoms with Crippen molar-refractivity contribution in [3.63, 3.8) is 0 Å². The first-order valence-corrected chi connectivity index (χ1v) is 13.4. The molecule has 6 rings (SSSR count). The molecule has 216 valence electrons. The summed E-state index contributed by atoms with van der Waals surface area (Å²) in [6, 6.07) is 28.6. The van der Waals surface area contributed by atoms with E-state index in [1.54, 1.807) is 51.4 Å². The van der Waals surface area contributed by atoms with Crippen LogP contribution in [0.1, 0.15) is 20.8 Å². The fourth-order valence-corrected chi connectivity index (χ4v) is 4.78. The number of nitro groups is 2. The minimum Gasteiger partial charge on any atom is -0.443 e. The van der Waals surface area contributed by atoms with Crippen LogP contribution in [-0.2, 0) is 4.74 Å². The fourth-order valence-electron chi connectivity index (χ4n) is 4.78. The lowest BCUT2D eigenvalue weighted by Gasteiger charge is -2.20. The molecule has 43 heavy (non-hydrogen) atoms. The molecular formula is C33H28N4O6. The van der Waals surface area contributed by atoms with Crippen LogP contribution < -0.4 is 0 Å². The van der Waals surface area contributed by atoms with E-state index in [4.69, 9.17) is 4.74 Å². The molecule has 0 aliphatic rings. The SMILES string of the molecule is CC(C)(C)OC(=O)n1ccc2cc([N+](=O)[O-])cc(-c3ccccc3)c21.O=[N+]([O-])c1cc(-c2ccccc2)c2[nH]ccc2c1. The highest BCUT2D eigenvalue weighted by atomic mass is 16.6. The molecule has 0 saturated heterocycles. The number of carbonyl (C=O) groups excluding carboxylic acids is 1. The number of aromatic nitrogens is 2. The number of fused-ring (bicyclic) bond motifs is 2. The number of benzene rings is 4. The third-order valence-electron chi connectivity index (χ3n) is 6.59. The zero-order chi connectivity index (χ0) is 30.7. The summed E-state index contributed by atoms with van der Waals surface area (Å²) in [5, 5.41) is 23.7. The lowest BCUT2D eigenvalue weighted by atomic mass is 10.0. The van der Waals surface area contributed by atoms with Crippen LogP contribution in [0.5, 0.6) is 0 Å². The lowest BCUT2D eigenvalue weighted by Crippen LogP contribution is -2.26. The third-order valence-corrected chi connectivity index (χ3v) is 6.59. The van der Waals surface area contributed by atoms with E-state index in [1.165, 1.54) is 16.7 Å². The molecule has 0 spiro atoms. The number of carbonyl (C=O) groups is 1. The quantitative estimate of drug-likeness (QED) is 0.165. The van der Waals surface area contributed by atoms with E-state index >= 15 is 0 Å². The van der Waals surface area contributed by atoms with Gasteiger partial charge in [0, 0.05) is 58.6 Å². The average Bonchev–Trinajstić information content (AvgIpc) is 3.64. The van der Waals surface area contributed by atoms with Gasteiger partial charge in [0.15, 0.2) is 0 Å². The Bertz CT molecular complexity index is 1950. The number of nitrogens with one attached hydrogen (secondary N) is 1. The van der Waals surface area contributed by atoms with Crippen LogP contribution in [0, 0.1) is 20.2 Å². The number of rotatable bonds is 4. The Morgan fingerprint density at radius 1 is 0.744 bits per heavy atom. The first-order valence-electron chi connectivity index (χ1n) is 13.4. The lowest BCUT2D eigenvalue weighted by molar-refractivity contribution is -0.384. The molecule has 6 aromatic rings. The highest BCUT2D eigenvalue weighted by molar-refractivity contribution is 6.01. The zero-order valence-corrected chi connectivity index (χ0v) is 23.7. The van der Waals surface area contributed by atoms with Gasteiger partial charge < -0.3 is 9.72 Å². The zero-order valence-electron chi connectivity index (χ0n) is 23.7. The average molecular weight is 577 g/mol. The Morgan fingerprint density at radius 3 is 1.84 bits per heavy atom. The van der Waals surface area contributed by atoms with E-state index in [1.807, 2.05) is 66.7 Å². The maximum atomic E-state index is 12.5. The Labute approximate surface area is 246 Å². The molecule has 0 aliphatic carbocycles. The standard InChI is InChI=1S/C19H18N2O4.C14H10N2O2/c1-19(2,3)25-18(22)20-10-9-14-11-15(21(23)24)12-16(17(14)20)13-7-5-4-6-8-13;17-16(18)12-8-11-6-7-15-14(11)13(9-12)10-4-2-1-3-5-10/h4-12H,1-3H3;1-9,15H. The van der Waals surface area contributed by atoms with Gasteiger partial charge in [-0.3, -0.25) is 24.8 Å². The number of hydrogen-bond acceptors (Lipinski definition) is 6.